The zero-order valence-corrected chi connectivity index (χ0v) is 10.1. The maximum Gasteiger partial charge on any atom is 0.339 e. The van der Waals surface area contributed by atoms with Crippen LogP contribution in [-0.4, -0.2) is 19.4 Å². The van der Waals surface area contributed by atoms with E-state index in [1.165, 1.54) is 13.2 Å². The van der Waals surface area contributed by atoms with E-state index in [4.69, 9.17) is 17.3 Å². The zero-order valence-electron chi connectivity index (χ0n) is 7.71. The minimum atomic E-state index is -0.621. The Labute approximate surface area is 99.5 Å². The van der Waals surface area contributed by atoms with Gasteiger partial charge in [-0.25, -0.2) is 4.79 Å². The van der Waals surface area contributed by atoms with Crippen molar-refractivity contribution in [1.29, 1.82) is 0 Å². The molecular formula is C9H7BrClNO3. The standard InChI is InChI=1S/C9H7BrClNO3/c1-15-9(14)5-2-4(3-13)8(12)6(10)7(5)11/h2-3H,12H2,1H3. The van der Waals surface area contributed by atoms with Gasteiger partial charge in [-0.05, 0) is 22.0 Å². The highest BCUT2D eigenvalue weighted by molar-refractivity contribution is 9.10. The van der Waals surface area contributed by atoms with Crippen LogP contribution in [0.5, 0.6) is 0 Å². The number of nitrogen functional groups attached to an aromatic ring is 1. The minimum Gasteiger partial charge on any atom is -0.465 e. The second kappa shape index (κ2) is 4.63. The van der Waals surface area contributed by atoms with Crippen molar-refractivity contribution < 1.29 is 14.3 Å². The van der Waals surface area contributed by atoms with Crippen molar-refractivity contribution in [2.24, 2.45) is 0 Å². The van der Waals surface area contributed by atoms with Gasteiger partial charge < -0.3 is 10.5 Å². The van der Waals surface area contributed by atoms with Gasteiger partial charge in [-0.2, -0.15) is 0 Å². The molecule has 0 heterocycles. The quantitative estimate of drug-likeness (QED) is 0.516. The van der Waals surface area contributed by atoms with E-state index in [2.05, 4.69) is 20.7 Å². The molecule has 1 aromatic carbocycles. The van der Waals surface area contributed by atoms with Crippen LogP contribution in [0, 0.1) is 0 Å². The Morgan fingerprint density at radius 3 is 2.73 bits per heavy atom. The summed E-state index contributed by atoms with van der Waals surface area (Å²) in [5, 5.41) is 0.130. The Kier molecular flexibility index (Phi) is 3.71. The molecule has 1 rings (SSSR count). The van der Waals surface area contributed by atoms with E-state index in [-0.39, 0.29) is 21.8 Å². The maximum absolute atomic E-state index is 11.3. The molecule has 0 aliphatic carbocycles. The molecule has 0 atom stereocenters. The number of carbonyl (C=O) groups excluding carboxylic acids is 2. The summed E-state index contributed by atoms with van der Waals surface area (Å²) in [5.74, 6) is -0.621. The fraction of sp³-hybridized carbons (Fsp3) is 0.111. The van der Waals surface area contributed by atoms with Crippen LogP contribution < -0.4 is 5.73 Å². The Bertz CT molecular complexity index is 434. The minimum absolute atomic E-state index is 0.0994. The predicted octanol–water partition coefficient (Wildman–Crippen LogP) is 2.28. The number of anilines is 1. The lowest BCUT2D eigenvalue weighted by molar-refractivity contribution is 0.0601. The number of benzene rings is 1. The highest BCUT2D eigenvalue weighted by atomic mass is 79.9. The first-order chi connectivity index (χ1) is 7.02. The molecule has 80 valence electrons. The molecule has 0 radical (unpaired) electrons. The van der Waals surface area contributed by atoms with Crippen LogP contribution >= 0.6 is 27.5 Å². The topological polar surface area (TPSA) is 69.4 Å². The number of aldehydes is 1. The van der Waals surface area contributed by atoms with Crippen LogP contribution in [0.1, 0.15) is 20.7 Å². The largest absolute Gasteiger partial charge is 0.465 e. The summed E-state index contributed by atoms with van der Waals surface area (Å²) < 4.78 is 4.82. The van der Waals surface area contributed by atoms with Crippen LogP contribution in [0.2, 0.25) is 5.02 Å². The average molecular weight is 293 g/mol. The number of hydrogen-bond donors (Lipinski definition) is 1. The van der Waals surface area contributed by atoms with Crippen molar-refractivity contribution in [2.75, 3.05) is 12.8 Å². The monoisotopic (exact) mass is 291 g/mol. The predicted molar refractivity (Wildman–Crippen MR) is 60.3 cm³/mol. The number of carbonyl (C=O) groups is 2. The molecule has 0 aliphatic rings. The fourth-order valence-electron chi connectivity index (χ4n) is 1.02. The van der Waals surface area contributed by atoms with Crippen LogP contribution in [-0.2, 0) is 4.74 Å². The lowest BCUT2D eigenvalue weighted by Crippen LogP contribution is -2.06. The van der Waals surface area contributed by atoms with E-state index in [1.807, 2.05) is 0 Å². The summed E-state index contributed by atoms with van der Waals surface area (Å²) in [5.41, 5.74) is 6.07. The molecule has 0 bridgehead atoms. The second-order valence-corrected chi connectivity index (χ2v) is 3.84. The van der Waals surface area contributed by atoms with Gasteiger partial charge in [0.2, 0.25) is 0 Å². The zero-order chi connectivity index (χ0) is 11.6. The molecule has 0 unspecified atom stereocenters. The summed E-state index contributed by atoms with van der Waals surface area (Å²) in [6, 6.07) is 1.29. The smallest absolute Gasteiger partial charge is 0.339 e. The summed E-state index contributed by atoms with van der Waals surface area (Å²) in [6.07, 6.45) is 0.545. The van der Waals surface area contributed by atoms with Crippen molar-refractivity contribution in [3.63, 3.8) is 0 Å². The summed E-state index contributed by atoms with van der Waals surface area (Å²) in [4.78, 5) is 21.9. The van der Waals surface area contributed by atoms with Crippen LogP contribution in [0.4, 0.5) is 5.69 Å². The molecule has 1 aromatic rings. The van der Waals surface area contributed by atoms with Crippen molar-refractivity contribution >= 4 is 45.5 Å². The van der Waals surface area contributed by atoms with Crippen LogP contribution in [0.3, 0.4) is 0 Å². The molecule has 0 aromatic heterocycles. The molecule has 2 N–H and O–H groups in total. The number of esters is 1. The highest BCUT2D eigenvalue weighted by Crippen LogP contribution is 2.34. The number of hydrogen-bond acceptors (Lipinski definition) is 4. The van der Waals surface area contributed by atoms with Gasteiger partial charge in [-0.1, -0.05) is 11.6 Å². The van der Waals surface area contributed by atoms with Crippen molar-refractivity contribution in [3.8, 4) is 0 Å². The third-order valence-electron chi connectivity index (χ3n) is 1.81. The van der Waals surface area contributed by atoms with E-state index in [1.54, 1.807) is 0 Å². The van der Waals surface area contributed by atoms with Gasteiger partial charge >= 0.3 is 5.97 Å². The van der Waals surface area contributed by atoms with Gasteiger partial charge in [0.05, 0.1) is 27.9 Å². The Morgan fingerprint density at radius 1 is 1.67 bits per heavy atom. The van der Waals surface area contributed by atoms with E-state index < -0.39 is 5.97 Å². The molecule has 0 saturated heterocycles. The molecule has 0 aliphatic heterocycles. The molecule has 0 amide bonds. The number of methoxy groups -OCH3 is 1. The molecule has 0 saturated carbocycles. The lowest BCUT2D eigenvalue weighted by Gasteiger charge is -2.08. The SMILES string of the molecule is COC(=O)c1cc(C=O)c(N)c(Br)c1Cl. The van der Waals surface area contributed by atoms with E-state index in [0.29, 0.717) is 10.8 Å². The van der Waals surface area contributed by atoms with Gasteiger partial charge in [0.1, 0.15) is 0 Å². The number of ether oxygens (including phenoxy) is 1. The summed E-state index contributed by atoms with van der Waals surface area (Å²) in [7, 11) is 1.23. The van der Waals surface area contributed by atoms with Gasteiger partial charge in [0.15, 0.2) is 6.29 Å². The molecule has 15 heavy (non-hydrogen) atoms. The molecule has 4 nitrogen and oxygen atoms in total. The normalized spacial score (nSPS) is 9.80. The number of nitrogens with two attached hydrogens (primary N) is 1. The Hall–Kier alpha value is -1.07. The first-order valence-electron chi connectivity index (χ1n) is 3.83. The first kappa shape index (κ1) is 12.0. The summed E-state index contributed by atoms with van der Waals surface area (Å²) >= 11 is 8.95. The van der Waals surface area contributed by atoms with E-state index >= 15 is 0 Å². The number of rotatable bonds is 2. The molecular weight excluding hydrogens is 285 g/mol. The molecule has 6 heteroatoms. The third kappa shape index (κ3) is 2.13. The average Bonchev–Trinajstić information content (AvgIpc) is 2.25. The van der Waals surface area contributed by atoms with Gasteiger partial charge in [0.25, 0.3) is 0 Å². The first-order valence-corrected chi connectivity index (χ1v) is 5.01. The van der Waals surface area contributed by atoms with Crippen molar-refractivity contribution in [2.45, 2.75) is 0 Å². The van der Waals surface area contributed by atoms with Crippen molar-refractivity contribution in [1.82, 2.24) is 0 Å². The maximum atomic E-state index is 11.3. The van der Waals surface area contributed by atoms with Crippen LogP contribution in [0.15, 0.2) is 10.5 Å². The molecule has 0 fully saturated rings. The lowest BCUT2D eigenvalue weighted by atomic mass is 10.1. The van der Waals surface area contributed by atoms with Crippen molar-refractivity contribution in [3.05, 3.63) is 26.7 Å². The Morgan fingerprint density at radius 2 is 2.27 bits per heavy atom. The van der Waals surface area contributed by atoms with Crippen LogP contribution in [0.25, 0.3) is 0 Å². The molecule has 0 spiro atoms. The second-order valence-electron chi connectivity index (χ2n) is 2.66. The summed E-state index contributed by atoms with van der Waals surface area (Å²) in [6.45, 7) is 0. The van der Waals surface area contributed by atoms with Gasteiger partial charge in [0, 0.05) is 5.56 Å². The Balaban J connectivity index is 3.48. The third-order valence-corrected chi connectivity index (χ3v) is 3.25. The van der Waals surface area contributed by atoms with E-state index in [0.717, 1.165) is 0 Å². The fourth-order valence-corrected chi connectivity index (χ4v) is 1.69. The van der Waals surface area contributed by atoms with E-state index in [9.17, 15) is 9.59 Å². The van der Waals surface area contributed by atoms with Gasteiger partial charge in [-0.15, -0.1) is 0 Å². The number of halogens is 2. The highest BCUT2D eigenvalue weighted by Gasteiger charge is 2.18. The van der Waals surface area contributed by atoms with Gasteiger partial charge in [-0.3, -0.25) is 4.79 Å².